The third kappa shape index (κ3) is 3.10. The largest absolute Gasteiger partial charge is 0.152 e. The molecular weight excluding hydrogens is 371 g/mol. The van der Waals surface area contributed by atoms with E-state index < -0.39 is 0 Å². The first-order valence-electron chi connectivity index (χ1n) is 4.77. The monoisotopic (exact) mass is 378 g/mol. The number of hydrogen-bond acceptors (Lipinski definition) is 1. The highest BCUT2D eigenvalue weighted by Gasteiger charge is 2.10. The molecule has 1 heterocycles. The van der Waals surface area contributed by atoms with E-state index in [2.05, 4.69) is 60.8 Å². The number of thiophene rings is 1. The van der Waals surface area contributed by atoms with Crippen molar-refractivity contribution in [3.63, 3.8) is 0 Å². The molecule has 1 aromatic carbocycles. The molecule has 0 N–H and O–H groups in total. The van der Waals surface area contributed by atoms with Gasteiger partial charge in [0.05, 0.1) is 5.02 Å². The summed E-state index contributed by atoms with van der Waals surface area (Å²) in [5.74, 6) is 0. The summed E-state index contributed by atoms with van der Waals surface area (Å²) in [6, 6.07) is 8.19. The van der Waals surface area contributed by atoms with Crippen LogP contribution in [0.1, 0.15) is 16.0 Å². The van der Waals surface area contributed by atoms with E-state index in [0.717, 1.165) is 15.9 Å². The quantitative estimate of drug-likeness (QED) is 0.587. The van der Waals surface area contributed by atoms with Crippen molar-refractivity contribution in [2.75, 3.05) is 0 Å². The second-order valence-corrected chi connectivity index (χ2v) is 6.62. The van der Waals surface area contributed by atoms with E-state index in [1.54, 1.807) is 11.3 Å². The van der Waals surface area contributed by atoms with Gasteiger partial charge in [-0.05, 0) is 62.4 Å². The van der Waals surface area contributed by atoms with E-state index in [4.69, 9.17) is 11.6 Å². The van der Waals surface area contributed by atoms with E-state index in [9.17, 15) is 0 Å². The standard InChI is InChI=1S/C12H9Br2ClS/c13-10(5-8-3-4-16-7-8)9-1-2-12(15)11(14)6-9/h1-4,6-7,10H,5H2. The summed E-state index contributed by atoms with van der Waals surface area (Å²) in [6.45, 7) is 0. The molecule has 0 saturated heterocycles. The topological polar surface area (TPSA) is 0 Å². The molecule has 0 fully saturated rings. The van der Waals surface area contributed by atoms with Crippen LogP contribution in [0.4, 0.5) is 0 Å². The number of benzene rings is 1. The van der Waals surface area contributed by atoms with Gasteiger partial charge in [-0.1, -0.05) is 33.6 Å². The highest BCUT2D eigenvalue weighted by molar-refractivity contribution is 9.10. The minimum atomic E-state index is 0.329. The number of halogens is 3. The van der Waals surface area contributed by atoms with Crippen LogP contribution < -0.4 is 0 Å². The molecule has 2 aromatic rings. The normalized spacial score (nSPS) is 12.7. The Kier molecular flexibility index (Phi) is 4.48. The SMILES string of the molecule is Clc1ccc(C(Br)Cc2ccsc2)cc1Br. The minimum Gasteiger partial charge on any atom is -0.152 e. The zero-order valence-electron chi connectivity index (χ0n) is 8.29. The molecule has 0 aliphatic heterocycles. The van der Waals surface area contributed by atoms with Gasteiger partial charge in [-0.15, -0.1) is 0 Å². The summed E-state index contributed by atoms with van der Waals surface area (Å²) in [7, 11) is 0. The Morgan fingerprint density at radius 2 is 2.12 bits per heavy atom. The van der Waals surface area contributed by atoms with Crippen LogP contribution >= 0.6 is 54.8 Å². The summed E-state index contributed by atoms with van der Waals surface area (Å²) in [5, 5.41) is 5.03. The molecule has 0 bridgehead atoms. The Labute approximate surface area is 121 Å². The number of alkyl halides is 1. The molecule has 84 valence electrons. The van der Waals surface area contributed by atoms with Crippen molar-refractivity contribution in [1.29, 1.82) is 0 Å². The second-order valence-electron chi connectivity index (χ2n) is 3.48. The van der Waals surface area contributed by atoms with Gasteiger partial charge in [-0.25, -0.2) is 0 Å². The third-order valence-electron chi connectivity index (χ3n) is 2.30. The molecule has 4 heteroatoms. The Hall–Kier alpha value is 0.170. The zero-order valence-corrected chi connectivity index (χ0v) is 13.0. The van der Waals surface area contributed by atoms with Crippen LogP contribution in [-0.2, 0) is 6.42 Å². The minimum absolute atomic E-state index is 0.329. The van der Waals surface area contributed by atoms with E-state index in [0.29, 0.717) is 4.83 Å². The van der Waals surface area contributed by atoms with E-state index >= 15 is 0 Å². The summed E-state index contributed by atoms with van der Waals surface area (Å²) >= 11 is 14.8. The zero-order chi connectivity index (χ0) is 11.5. The Balaban J connectivity index is 2.14. The molecule has 1 aromatic heterocycles. The fourth-order valence-corrected chi connectivity index (χ4v) is 3.29. The van der Waals surface area contributed by atoms with Crippen molar-refractivity contribution in [2.45, 2.75) is 11.2 Å². The molecule has 0 radical (unpaired) electrons. The molecule has 1 unspecified atom stereocenters. The second kappa shape index (κ2) is 5.67. The van der Waals surface area contributed by atoms with Gasteiger partial charge in [0, 0.05) is 9.30 Å². The lowest BCUT2D eigenvalue weighted by molar-refractivity contribution is 0.953. The molecule has 0 aliphatic carbocycles. The molecule has 2 rings (SSSR count). The van der Waals surface area contributed by atoms with Crippen molar-refractivity contribution >= 4 is 54.8 Å². The molecule has 16 heavy (non-hydrogen) atoms. The van der Waals surface area contributed by atoms with E-state index in [1.807, 2.05) is 6.07 Å². The Morgan fingerprint density at radius 3 is 2.75 bits per heavy atom. The number of rotatable bonds is 3. The molecule has 1 atom stereocenters. The van der Waals surface area contributed by atoms with Crippen molar-refractivity contribution in [1.82, 2.24) is 0 Å². The number of hydrogen-bond donors (Lipinski definition) is 0. The highest BCUT2D eigenvalue weighted by atomic mass is 79.9. The molecule has 0 saturated carbocycles. The van der Waals surface area contributed by atoms with Gasteiger partial charge in [0.2, 0.25) is 0 Å². The van der Waals surface area contributed by atoms with Crippen LogP contribution in [0.5, 0.6) is 0 Å². The van der Waals surface area contributed by atoms with Gasteiger partial charge >= 0.3 is 0 Å². The third-order valence-corrected chi connectivity index (χ3v) is 5.10. The first-order chi connectivity index (χ1) is 7.66. The van der Waals surface area contributed by atoms with Crippen LogP contribution in [0, 0.1) is 0 Å². The van der Waals surface area contributed by atoms with Gasteiger partial charge < -0.3 is 0 Å². The Morgan fingerprint density at radius 1 is 1.31 bits per heavy atom. The van der Waals surface area contributed by atoms with Crippen molar-refractivity contribution in [3.8, 4) is 0 Å². The van der Waals surface area contributed by atoms with Crippen molar-refractivity contribution in [2.24, 2.45) is 0 Å². The maximum Gasteiger partial charge on any atom is 0.0548 e. The van der Waals surface area contributed by atoms with Gasteiger partial charge in [0.15, 0.2) is 0 Å². The first kappa shape index (κ1) is 12.6. The van der Waals surface area contributed by atoms with Crippen LogP contribution in [0.15, 0.2) is 39.5 Å². The Bertz CT molecular complexity index is 468. The highest BCUT2D eigenvalue weighted by Crippen LogP contribution is 2.32. The molecule has 0 aliphatic rings. The summed E-state index contributed by atoms with van der Waals surface area (Å²) in [5.41, 5.74) is 2.60. The van der Waals surface area contributed by atoms with Crippen molar-refractivity contribution < 1.29 is 0 Å². The summed E-state index contributed by atoms with van der Waals surface area (Å²) < 4.78 is 0.946. The van der Waals surface area contributed by atoms with Crippen LogP contribution in [-0.4, -0.2) is 0 Å². The lowest BCUT2D eigenvalue weighted by Gasteiger charge is -2.10. The summed E-state index contributed by atoms with van der Waals surface area (Å²) in [6.07, 6.45) is 0.998. The van der Waals surface area contributed by atoms with Gasteiger partial charge in [-0.2, -0.15) is 11.3 Å². The first-order valence-corrected chi connectivity index (χ1v) is 7.80. The predicted molar refractivity (Wildman–Crippen MR) is 78.8 cm³/mol. The lowest BCUT2D eigenvalue weighted by atomic mass is 10.1. The van der Waals surface area contributed by atoms with Gasteiger partial charge in [-0.3, -0.25) is 0 Å². The summed E-state index contributed by atoms with van der Waals surface area (Å²) in [4.78, 5) is 0.329. The van der Waals surface area contributed by atoms with Crippen LogP contribution in [0.2, 0.25) is 5.02 Å². The molecule has 0 amide bonds. The molecule has 0 nitrogen and oxygen atoms in total. The fourth-order valence-electron chi connectivity index (χ4n) is 1.44. The van der Waals surface area contributed by atoms with E-state index in [1.165, 1.54) is 11.1 Å². The van der Waals surface area contributed by atoms with Crippen molar-refractivity contribution in [3.05, 3.63) is 55.6 Å². The van der Waals surface area contributed by atoms with Crippen LogP contribution in [0.25, 0.3) is 0 Å². The smallest absolute Gasteiger partial charge is 0.0548 e. The average molecular weight is 381 g/mol. The molecular formula is C12H9Br2ClS. The molecule has 0 spiro atoms. The fraction of sp³-hybridized carbons (Fsp3) is 0.167. The van der Waals surface area contributed by atoms with E-state index in [-0.39, 0.29) is 0 Å². The maximum atomic E-state index is 5.97. The van der Waals surface area contributed by atoms with Crippen LogP contribution in [0.3, 0.4) is 0 Å². The average Bonchev–Trinajstić information content (AvgIpc) is 2.74. The lowest BCUT2D eigenvalue weighted by Crippen LogP contribution is -1.94. The van der Waals surface area contributed by atoms with Gasteiger partial charge in [0.25, 0.3) is 0 Å². The maximum absolute atomic E-state index is 5.97. The predicted octanol–water partition coefficient (Wildman–Crippen LogP) is 5.84. The van der Waals surface area contributed by atoms with Gasteiger partial charge in [0.1, 0.15) is 0 Å².